The van der Waals surface area contributed by atoms with Crippen LogP contribution in [0.3, 0.4) is 0 Å². The number of thioether (sulfide) groups is 1. The normalized spacial score (nSPS) is 13.9. The van der Waals surface area contributed by atoms with Crippen LogP contribution < -0.4 is 0 Å². The zero-order valence-electron chi connectivity index (χ0n) is 15.3. The number of aromatic nitrogens is 3. The highest BCUT2D eigenvalue weighted by Crippen LogP contribution is 2.24. The van der Waals surface area contributed by atoms with E-state index in [1.54, 1.807) is 0 Å². The summed E-state index contributed by atoms with van der Waals surface area (Å²) < 4.78 is 1.98. The summed E-state index contributed by atoms with van der Waals surface area (Å²) >= 11 is 1.32. The number of likely N-dealkylation sites (tertiary alicyclic amines) is 1. The largest absolute Gasteiger partial charge is 0.282 e. The predicted molar refractivity (Wildman–Crippen MR) is 107 cm³/mol. The quantitative estimate of drug-likeness (QED) is 0.603. The van der Waals surface area contributed by atoms with E-state index in [0.717, 1.165) is 23.5 Å². The molecule has 0 radical (unpaired) electrons. The van der Waals surface area contributed by atoms with Crippen molar-refractivity contribution in [1.82, 2.24) is 19.7 Å². The Kier molecular flexibility index (Phi) is 5.53. The molecule has 0 unspecified atom stereocenters. The number of nitrogens with zero attached hydrogens (tertiary/aromatic N) is 4. The molecule has 6 nitrogen and oxygen atoms in total. The van der Waals surface area contributed by atoms with Crippen molar-refractivity contribution in [3.05, 3.63) is 72.1 Å². The predicted octanol–water partition coefficient (Wildman–Crippen LogP) is 3.10. The molecule has 2 aromatic carbocycles. The molecule has 0 saturated carbocycles. The number of rotatable bonds is 6. The summed E-state index contributed by atoms with van der Waals surface area (Å²) in [4.78, 5) is 25.5. The van der Waals surface area contributed by atoms with E-state index < -0.39 is 0 Å². The summed E-state index contributed by atoms with van der Waals surface area (Å²) in [6, 6.07) is 20.0. The van der Waals surface area contributed by atoms with Crippen LogP contribution in [0.5, 0.6) is 0 Å². The lowest BCUT2D eigenvalue weighted by Crippen LogP contribution is -2.33. The highest BCUT2D eigenvalue weighted by Gasteiger charge is 2.27. The van der Waals surface area contributed by atoms with Crippen LogP contribution in [0.1, 0.15) is 24.2 Å². The molecule has 0 N–H and O–H groups in total. The zero-order valence-corrected chi connectivity index (χ0v) is 16.1. The smallest absolute Gasteiger partial charge is 0.239 e. The van der Waals surface area contributed by atoms with Crippen LogP contribution in [0.15, 0.2) is 65.8 Å². The van der Waals surface area contributed by atoms with E-state index in [9.17, 15) is 9.59 Å². The van der Waals surface area contributed by atoms with Crippen molar-refractivity contribution in [2.45, 2.75) is 24.4 Å². The van der Waals surface area contributed by atoms with Gasteiger partial charge in [0, 0.05) is 25.1 Å². The minimum atomic E-state index is -0.167. The van der Waals surface area contributed by atoms with Crippen molar-refractivity contribution >= 4 is 23.6 Å². The Morgan fingerprint density at radius 2 is 1.71 bits per heavy atom. The summed E-state index contributed by atoms with van der Waals surface area (Å²) in [6.07, 6.45) is 1.84. The molecule has 2 amide bonds. The Balaban J connectivity index is 1.58. The number of imide groups is 1. The fraction of sp³-hybridized carbons (Fsp3) is 0.238. The van der Waals surface area contributed by atoms with Gasteiger partial charge in [-0.25, -0.2) is 0 Å². The van der Waals surface area contributed by atoms with Gasteiger partial charge in [0.15, 0.2) is 5.16 Å². The second-order valence-corrected chi connectivity index (χ2v) is 7.51. The van der Waals surface area contributed by atoms with Gasteiger partial charge < -0.3 is 0 Å². The third kappa shape index (κ3) is 3.99. The molecule has 0 aliphatic carbocycles. The molecule has 4 rings (SSSR count). The molecule has 1 aliphatic heterocycles. The molecule has 0 atom stereocenters. The molecule has 7 heteroatoms. The third-order valence-corrected chi connectivity index (χ3v) is 5.53. The number of para-hydroxylation sites is 1. The highest BCUT2D eigenvalue weighted by molar-refractivity contribution is 7.99. The van der Waals surface area contributed by atoms with E-state index in [0.29, 0.717) is 24.5 Å². The maximum Gasteiger partial charge on any atom is 0.239 e. The molecule has 1 aliphatic rings. The lowest BCUT2D eigenvalue weighted by atomic mass is 10.1. The number of amides is 2. The summed E-state index contributed by atoms with van der Waals surface area (Å²) in [7, 11) is 0. The maximum atomic E-state index is 12.4. The summed E-state index contributed by atoms with van der Waals surface area (Å²) in [5, 5.41) is 9.36. The van der Waals surface area contributed by atoms with E-state index in [4.69, 9.17) is 0 Å². The molecular formula is C21H20N4O2S. The fourth-order valence-electron chi connectivity index (χ4n) is 3.24. The highest BCUT2D eigenvalue weighted by atomic mass is 32.2. The van der Waals surface area contributed by atoms with Gasteiger partial charge in [0.2, 0.25) is 11.8 Å². The van der Waals surface area contributed by atoms with Gasteiger partial charge in [-0.2, -0.15) is 0 Å². The van der Waals surface area contributed by atoms with Gasteiger partial charge in [0.25, 0.3) is 0 Å². The van der Waals surface area contributed by atoms with E-state index in [1.165, 1.54) is 16.7 Å². The molecule has 1 aromatic heterocycles. The van der Waals surface area contributed by atoms with Gasteiger partial charge in [-0.15, -0.1) is 10.2 Å². The summed E-state index contributed by atoms with van der Waals surface area (Å²) in [5.41, 5.74) is 2.09. The maximum absolute atomic E-state index is 12.4. The van der Waals surface area contributed by atoms with Crippen LogP contribution in [0.25, 0.3) is 5.69 Å². The molecule has 3 aromatic rings. The molecule has 142 valence electrons. The van der Waals surface area contributed by atoms with Crippen LogP contribution in [0.2, 0.25) is 0 Å². The Labute approximate surface area is 167 Å². The zero-order chi connectivity index (χ0) is 19.3. The first-order chi connectivity index (χ1) is 13.7. The minimum Gasteiger partial charge on any atom is -0.282 e. The minimum absolute atomic E-state index is 0.0834. The SMILES string of the molecule is O=C1CCCN1C(=O)CSc1nnc(Cc2ccccc2)n1-c1ccccc1. The lowest BCUT2D eigenvalue weighted by molar-refractivity contribution is -0.140. The van der Waals surface area contributed by atoms with E-state index in [-0.39, 0.29) is 17.6 Å². The van der Waals surface area contributed by atoms with Gasteiger partial charge in [0.05, 0.1) is 5.75 Å². The van der Waals surface area contributed by atoms with Crippen molar-refractivity contribution in [3.63, 3.8) is 0 Å². The van der Waals surface area contributed by atoms with E-state index in [1.807, 2.05) is 53.1 Å². The van der Waals surface area contributed by atoms with Crippen LogP contribution in [0.4, 0.5) is 0 Å². The fourth-order valence-corrected chi connectivity index (χ4v) is 4.09. The van der Waals surface area contributed by atoms with Gasteiger partial charge >= 0.3 is 0 Å². The average molecular weight is 392 g/mol. The topological polar surface area (TPSA) is 68.1 Å². The Morgan fingerprint density at radius 1 is 1.00 bits per heavy atom. The number of carbonyl (C=O) groups is 2. The van der Waals surface area contributed by atoms with Crippen LogP contribution >= 0.6 is 11.8 Å². The average Bonchev–Trinajstić information content (AvgIpc) is 3.33. The molecule has 1 saturated heterocycles. The van der Waals surface area contributed by atoms with Crippen LogP contribution in [-0.2, 0) is 16.0 Å². The number of carbonyl (C=O) groups excluding carboxylic acids is 2. The standard InChI is InChI=1S/C21H20N4O2S/c26-19-12-7-13-24(19)20(27)15-28-21-23-22-18(14-16-8-3-1-4-9-16)25(21)17-10-5-2-6-11-17/h1-6,8-11H,7,12-15H2. The van der Waals surface area contributed by atoms with E-state index >= 15 is 0 Å². The first-order valence-electron chi connectivity index (χ1n) is 9.22. The van der Waals surface area contributed by atoms with Crippen LogP contribution in [-0.4, -0.2) is 43.8 Å². The third-order valence-electron chi connectivity index (χ3n) is 4.62. The van der Waals surface area contributed by atoms with Crippen molar-refractivity contribution in [1.29, 1.82) is 0 Å². The van der Waals surface area contributed by atoms with Gasteiger partial charge in [-0.3, -0.25) is 19.1 Å². The lowest BCUT2D eigenvalue weighted by Gasteiger charge is -2.13. The second kappa shape index (κ2) is 8.39. The van der Waals surface area contributed by atoms with Gasteiger partial charge in [-0.1, -0.05) is 60.3 Å². The first-order valence-corrected chi connectivity index (χ1v) is 10.2. The molecule has 1 fully saturated rings. The Hall–Kier alpha value is -2.93. The molecule has 2 heterocycles. The van der Waals surface area contributed by atoms with Crippen LogP contribution in [0, 0.1) is 0 Å². The number of benzene rings is 2. The molecule has 0 spiro atoms. The van der Waals surface area contributed by atoms with E-state index in [2.05, 4.69) is 22.3 Å². The van der Waals surface area contributed by atoms with Crippen molar-refractivity contribution < 1.29 is 9.59 Å². The van der Waals surface area contributed by atoms with Crippen molar-refractivity contribution in [2.24, 2.45) is 0 Å². The number of hydrogen-bond acceptors (Lipinski definition) is 5. The summed E-state index contributed by atoms with van der Waals surface area (Å²) in [6.45, 7) is 0.517. The second-order valence-electron chi connectivity index (χ2n) is 6.56. The first kappa shape index (κ1) is 18.4. The Morgan fingerprint density at radius 3 is 2.39 bits per heavy atom. The monoisotopic (exact) mass is 392 g/mol. The number of hydrogen-bond donors (Lipinski definition) is 0. The molecule has 0 bridgehead atoms. The summed E-state index contributed by atoms with van der Waals surface area (Å²) in [5.74, 6) is 0.728. The molecule has 28 heavy (non-hydrogen) atoms. The molecular weight excluding hydrogens is 372 g/mol. The van der Waals surface area contributed by atoms with Gasteiger partial charge in [-0.05, 0) is 24.1 Å². The van der Waals surface area contributed by atoms with Gasteiger partial charge in [0.1, 0.15) is 5.82 Å². The van der Waals surface area contributed by atoms with Crippen molar-refractivity contribution in [3.8, 4) is 5.69 Å². The Bertz CT molecular complexity index is 973. The van der Waals surface area contributed by atoms with Crippen molar-refractivity contribution in [2.75, 3.05) is 12.3 Å².